The van der Waals surface area contributed by atoms with Crippen molar-refractivity contribution in [2.45, 2.75) is 26.4 Å². The third kappa shape index (κ3) is 29.5. The summed E-state index contributed by atoms with van der Waals surface area (Å²) in [6, 6.07) is 7.91. The molecule has 0 aliphatic rings. The Hall–Kier alpha value is -12.0. The smallest absolute Gasteiger partial charge is 0.426 e. The zero-order valence-electron chi connectivity index (χ0n) is 32.5. The molecule has 0 aliphatic carbocycles. The predicted octanol–water partition coefficient (Wildman–Crippen LogP) is 1.62. The summed E-state index contributed by atoms with van der Waals surface area (Å²) in [6.45, 7) is 5.15. The second-order valence-corrected chi connectivity index (χ2v) is 10.1. The Labute approximate surface area is 363 Å². The number of carbonyl (C=O) groups is 2. The first-order valence-corrected chi connectivity index (χ1v) is 16.2. The van der Waals surface area contributed by atoms with Crippen LogP contribution in [0.25, 0.3) is 0 Å². The molecule has 2 amide bonds. The van der Waals surface area contributed by atoms with Crippen LogP contribution in [0.3, 0.4) is 0 Å². The number of amides is 2. The van der Waals surface area contributed by atoms with Gasteiger partial charge in [-0.25, -0.2) is 15.2 Å². The van der Waals surface area contributed by atoms with Crippen LogP contribution in [-0.2, 0) is 4.74 Å². The first-order valence-electron chi connectivity index (χ1n) is 16.2. The van der Waals surface area contributed by atoms with Crippen molar-refractivity contribution in [3.05, 3.63) is 23.9 Å². The van der Waals surface area contributed by atoms with E-state index in [-0.39, 0.29) is 11.4 Å². The zero-order chi connectivity index (χ0) is 45.0. The number of hydrogen-bond donors (Lipinski definition) is 2. The Morgan fingerprint density at radius 1 is 0.484 bits per heavy atom. The van der Waals surface area contributed by atoms with Crippen LogP contribution in [0.5, 0.6) is 0 Å². The van der Waals surface area contributed by atoms with Crippen LogP contribution in [0.4, 0.5) is 10.6 Å². The Kier molecular flexibility index (Phi) is 26.0. The number of pyridine rings is 1. The van der Waals surface area contributed by atoms with Gasteiger partial charge in [0.15, 0.2) is 0 Å². The largest absolute Gasteiger partial charge is 0.443 e. The van der Waals surface area contributed by atoms with Crippen LogP contribution in [0.15, 0.2) is 18.3 Å². The van der Waals surface area contributed by atoms with Gasteiger partial charge in [-0.05, 0) is 128 Å². The van der Waals surface area contributed by atoms with Gasteiger partial charge in [0.2, 0.25) is 0 Å². The summed E-state index contributed by atoms with van der Waals surface area (Å²) in [6.07, 6.45) is 10.4. The van der Waals surface area contributed by atoms with Gasteiger partial charge in [-0.2, -0.15) is 4.90 Å². The van der Waals surface area contributed by atoms with Crippen molar-refractivity contribution in [2.24, 2.45) is 0 Å². The van der Waals surface area contributed by atoms with Crippen molar-refractivity contribution in [1.29, 1.82) is 0 Å². The Morgan fingerprint density at radius 2 is 0.774 bits per heavy atom. The Balaban J connectivity index is 3.08. The molecular weight excluding hydrogens is 765 g/mol. The lowest BCUT2D eigenvalue weighted by Gasteiger charge is -2.19. The van der Waals surface area contributed by atoms with Gasteiger partial charge in [0.05, 0.1) is 5.56 Å². The summed E-state index contributed by atoms with van der Waals surface area (Å²) < 4.78 is 5.15. The molecule has 0 bridgehead atoms. The molecule has 1 heterocycles. The molecular formula is C55H16N4O3. The molecule has 1 aromatic rings. The lowest BCUT2D eigenvalue weighted by atomic mass is 10.2. The predicted molar refractivity (Wildman–Crippen MR) is 237 cm³/mol. The Bertz CT molecular complexity index is 3240. The highest BCUT2D eigenvalue weighted by atomic mass is 16.6. The zero-order valence-corrected chi connectivity index (χ0v) is 32.5. The minimum Gasteiger partial charge on any atom is -0.443 e. The maximum atomic E-state index is 13.2. The van der Waals surface area contributed by atoms with Crippen molar-refractivity contribution in [1.82, 2.24) is 15.3 Å². The SMILES string of the molecule is C#CC#CC#CC#CC#CC#CC#CC#CC#CC#CC#CN(C#CC#CC#CC#CC#CC#CC#CC#CC#CC#CC#C)C(=O)c1ccc(NNC(=O)OC(C)(C)C)nc1. The number of terminal acetylenes is 2. The number of anilines is 1. The van der Waals surface area contributed by atoms with Crippen LogP contribution >= 0.6 is 0 Å². The molecule has 0 aromatic carbocycles. The lowest BCUT2D eigenvalue weighted by molar-refractivity contribution is 0.0540. The van der Waals surface area contributed by atoms with E-state index in [1.54, 1.807) is 20.8 Å². The fourth-order valence-electron chi connectivity index (χ4n) is 2.57. The molecule has 0 saturated heterocycles. The first kappa shape index (κ1) is 48.0. The molecule has 0 aliphatic heterocycles. The maximum absolute atomic E-state index is 13.2. The van der Waals surface area contributed by atoms with Gasteiger partial charge in [-0.1, -0.05) is 0 Å². The van der Waals surface area contributed by atoms with Gasteiger partial charge in [-0.3, -0.25) is 10.2 Å². The van der Waals surface area contributed by atoms with E-state index in [1.165, 1.54) is 18.3 Å². The number of carbonyl (C=O) groups excluding carboxylic acids is 2. The molecule has 7 heteroatoms. The maximum Gasteiger partial charge on any atom is 0.426 e. The van der Waals surface area contributed by atoms with Crippen molar-refractivity contribution in [3.8, 4) is 262 Å². The Morgan fingerprint density at radius 3 is 1.03 bits per heavy atom. The molecule has 0 atom stereocenters. The van der Waals surface area contributed by atoms with Crippen LogP contribution < -0.4 is 10.9 Å². The molecule has 0 radical (unpaired) electrons. The van der Waals surface area contributed by atoms with E-state index in [4.69, 9.17) is 17.6 Å². The molecule has 62 heavy (non-hydrogen) atoms. The van der Waals surface area contributed by atoms with Gasteiger partial charge < -0.3 is 4.74 Å². The normalized spacial score (nSPS) is 6.08. The molecule has 1 rings (SSSR count). The van der Waals surface area contributed by atoms with Crippen molar-refractivity contribution in [3.63, 3.8) is 0 Å². The lowest BCUT2D eigenvalue weighted by Crippen LogP contribution is -2.36. The van der Waals surface area contributed by atoms with E-state index in [0.717, 1.165) is 4.90 Å². The minimum absolute atomic E-state index is 0.0994. The van der Waals surface area contributed by atoms with Crippen LogP contribution in [0, 0.1) is 262 Å². The summed E-state index contributed by atoms with van der Waals surface area (Å²) in [7, 11) is 0. The van der Waals surface area contributed by atoms with Crippen LogP contribution in [0.1, 0.15) is 31.1 Å². The average molecular weight is 781 g/mol. The highest BCUT2D eigenvalue weighted by Gasteiger charge is 2.16. The monoisotopic (exact) mass is 780 g/mol. The second-order valence-electron chi connectivity index (χ2n) is 10.1. The fourth-order valence-corrected chi connectivity index (χ4v) is 2.57. The minimum atomic E-state index is -0.723. The molecule has 274 valence electrons. The summed E-state index contributed by atoms with van der Waals surface area (Å²) >= 11 is 0. The van der Waals surface area contributed by atoms with Crippen LogP contribution in [0.2, 0.25) is 0 Å². The van der Waals surface area contributed by atoms with E-state index in [9.17, 15) is 9.59 Å². The average Bonchev–Trinajstić information content (AvgIpc) is 3.25. The second kappa shape index (κ2) is 33.6. The summed E-state index contributed by atoms with van der Waals surface area (Å²) in [5, 5.41) is 0. The van der Waals surface area contributed by atoms with Gasteiger partial charge in [0.1, 0.15) is 11.4 Å². The third-order valence-corrected chi connectivity index (χ3v) is 4.63. The van der Waals surface area contributed by atoms with E-state index < -0.39 is 17.6 Å². The van der Waals surface area contributed by atoms with Crippen molar-refractivity contribution in [2.75, 3.05) is 5.43 Å². The van der Waals surface area contributed by atoms with E-state index in [1.807, 2.05) is 0 Å². The number of nitrogens with one attached hydrogen (secondary N) is 2. The van der Waals surface area contributed by atoms with Gasteiger partial charge in [-0.15, -0.1) is 12.8 Å². The molecule has 2 N–H and O–H groups in total. The number of ether oxygens (including phenoxy) is 1. The summed E-state index contributed by atoms with van der Waals surface area (Å²) in [5.41, 5.74) is 4.32. The molecule has 0 spiro atoms. The number of aromatic nitrogens is 1. The highest BCUT2D eigenvalue weighted by Crippen LogP contribution is 2.09. The standard InChI is InChI=1S/C55H16N4O3/c1-6-8-10-12-14-16-18-20-22-24-26-28-30-32-34-36-38-40-42-44-48-59(53(60)51-46-47-52(56-50-51)57-58-54(61)62-55(3,4)5)49-45-43-41-39-37-35-33-31-29-27-25-23-21-19-17-15-13-11-9-7-2/h1-2,46-47,50H,3-5H3,(H,56,57)(H,58,61). The summed E-state index contributed by atoms with van der Waals surface area (Å²) in [4.78, 5) is 30.1. The molecule has 1 aromatic heterocycles. The quantitative estimate of drug-likeness (QED) is 0.277. The van der Waals surface area contributed by atoms with Crippen molar-refractivity contribution >= 4 is 17.8 Å². The van der Waals surface area contributed by atoms with E-state index >= 15 is 0 Å². The third-order valence-electron chi connectivity index (χ3n) is 4.63. The van der Waals surface area contributed by atoms with Gasteiger partial charge >= 0.3 is 6.09 Å². The number of rotatable bonds is 3. The van der Waals surface area contributed by atoms with Crippen LogP contribution in [-0.4, -0.2) is 27.5 Å². The van der Waals surface area contributed by atoms with E-state index in [2.05, 4.69) is 265 Å². The van der Waals surface area contributed by atoms with Gasteiger partial charge in [0.25, 0.3) is 5.91 Å². The topological polar surface area (TPSA) is 83.6 Å². The number of hydrazine groups is 1. The molecule has 0 saturated carbocycles. The number of nitrogens with zero attached hydrogens (tertiary/aromatic N) is 2. The first-order chi connectivity index (χ1) is 30.3. The highest BCUT2D eigenvalue weighted by molar-refractivity contribution is 5.96. The molecule has 7 nitrogen and oxygen atoms in total. The molecule has 0 unspecified atom stereocenters. The molecule has 0 fully saturated rings. The van der Waals surface area contributed by atoms with Gasteiger partial charge in [0, 0.05) is 160 Å². The fraction of sp³-hybridized carbons (Fsp3) is 0.0727. The van der Waals surface area contributed by atoms with E-state index in [0.29, 0.717) is 0 Å². The summed E-state index contributed by atoms with van der Waals surface area (Å²) in [5.74, 6) is 97.3. The number of hydrogen-bond acceptors (Lipinski definition) is 5. The van der Waals surface area contributed by atoms with Crippen molar-refractivity contribution < 1.29 is 14.3 Å².